The third-order valence-corrected chi connectivity index (χ3v) is 6.28. The summed E-state index contributed by atoms with van der Waals surface area (Å²) in [6, 6.07) is 9.88. The van der Waals surface area contributed by atoms with Crippen molar-refractivity contribution in [1.29, 1.82) is 0 Å². The van der Waals surface area contributed by atoms with Crippen LogP contribution in [-0.2, 0) is 19.5 Å². The summed E-state index contributed by atoms with van der Waals surface area (Å²) in [7, 11) is -3.79. The van der Waals surface area contributed by atoms with Crippen LogP contribution in [0.2, 0.25) is 5.02 Å². The second-order valence-corrected chi connectivity index (χ2v) is 8.80. The van der Waals surface area contributed by atoms with Gasteiger partial charge in [-0.1, -0.05) is 23.7 Å². The summed E-state index contributed by atoms with van der Waals surface area (Å²) in [6.45, 7) is 4.93. The number of benzene rings is 1. The molecule has 2 aromatic rings. The Balaban J connectivity index is 1.77. The summed E-state index contributed by atoms with van der Waals surface area (Å²) in [5.74, 6) is 0.311. The fraction of sp³-hybridized carbons (Fsp3) is 0.421. The maximum absolute atomic E-state index is 13.0. The van der Waals surface area contributed by atoms with Crippen molar-refractivity contribution < 1.29 is 17.9 Å². The number of sulfonamides is 1. The van der Waals surface area contributed by atoms with Crippen molar-refractivity contribution in [1.82, 2.24) is 9.71 Å². The van der Waals surface area contributed by atoms with Crippen molar-refractivity contribution in [2.45, 2.75) is 37.3 Å². The number of hydrogen-bond donors (Lipinski definition) is 2. The SMILES string of the molecule is Cc1ccc(S(=O)(=O)N[C@@H](C)c2ccc(Cl)cc2)c(NCC2CCOCO2)n1. The molecule has 0 aliphatic carbocycles. The van der Waals surface area contributed by atoms with E-state index in [-0.39, 0.29) is 17.8 Å². The summed E-state index contributed by atoms with van der Waals surface area (Å²) in [4.78, 5) is 4.48. The van der Waals surface area contributed by atoms with Gasteiger partial charge >= 0.3 is 0 Å². The highest BCUT2D eigenvalue weighted by atomic mass is 35.5. The van der Waals surface area contributed by atoms with Crippen molar-refractivity contribution in [2.24, 2.45) is 0 Å². The third-order valence-electron chi connectivity index (χ3n) is 4.46. The van der Waals surface area contributed by atoms with Gasteiger partial charge in [-0.05, 0) is 50.1 Å². The third kappa shape index (κ3) is 5.42. The van der Waals surface area contributed by atoms with E-state index in [9.17, 15) is 8.42 Å². The molecule has 9 heteroatoms. The molecule has 1 aromatic heterocycles. The minimum atomic E-state index is -3.79. The molecule has 7 nitrogen and oxygen atoms in total. The lowest BCUT2D eigenvalue weighted by Gasteiger charge is -2.24. The largest absolute Gasteiger partial charge is 0.366 e. The average molecular weight is 426 g/mol. The van der Waals surface area contributed by atoms with Crippen LogP contribution in [0.3, 0.4) is 0 Å². The van der Waals surface area contributed by atoms with Crippen LogP contribution in [0.15, 0.2) is 41.3 Å². The number of aromatic nitrogens is 1. The number of aryl methyl sites for hydroxylation is 1. The van der Waals surface area contributed by atoms with E-state index in [1.807, 2.05) is 6.92 Å². The molecule has 2 atom stereocenters. The molecule has 3 rings (SSSR count). The molecule has 28 heavy (non-hydrogen) atoms. The predicted octanol–water partition coefficient (Wildman–Crippen LogP) is 3.26. The van der Waals surface area contributed by atoms with Crippen molar-refractivity contribution in [2.75, 3.05) is 25.3 Å². The quantitative estimate of drug-likeness (QED) is 0.707. The summed E-state index contributed by atoms with van der Waals surface area (Å²) < 4.78 is 39.4. The van der Waals surface area contributed by atoms with Crippen molar-refractivity contribution in [3.63, 3.8) is 0 Å². The molecular weight excluding hydrogens is 402 g/mol. The lowest BCUT2D eigenvalue weighted by Crippen LogP contribution is -2.32. The lowest BCUT2D eigenvalue weighted by atomic mass is 10.1. The summed E-state index contributed by atoms with van der Waals surface area (Å²) in [5.41, 5.74) is 1.54. The zero-order valence-electron chi connectivity index (χ0n) is 15.8. The standard InChI is InChI=1S/C19H24ClN3O4S/c1-13-3-8-18(19(22-13)21-11-17-9-10-26-12-27-17)28(24,25)23-14(2)15-4-6-16(20)7-5-15/h3-8,14,17,23H,9-12H2,1-2H3,(H,21,22)/t14-,17?/m0/s1. The van der Waals surface area contributed by atoms with E-state index in [0.29, 0.717) is 24.0 Å². The monoisotopic (exact) mass is 425 g/mol. The Morgan fingerprint density at radius 2 is 2.00 bits per heavy atom. The molecule has 1 aliphatic heterocycles. The topological polar surface area (TPSA) is 89.6 Å². The molecule has 0 spiro atoms. The predicted molar refractivity (Wildman–Crippen MR) is 108 cm³/mol. The van der Waals surface area contributed by atoms with E-state index >= 15 is 0 Å². The first kappa shape index (κ1) is 21.0. The molecule has 0 radical (unpaired) electrons. The van der Waals surface area contributed by atoms with Crippen LogP contribution >= 0.6 is 11.6 Å². The van der Waals surface area contributed by atoms with Gasteiger partial charge < -0.3 is 14.8 Å². The number of anilines is 1. The van der Waals surface area contributed by atoms with Crippen molar-refractivity contribution in [3.8, 4) is 0 Å². The molecule has 2 N–H and O–H groups in total. The molecule has 1 fully saturated rings. The van der Waals surface area contributed by atoms with E-state index < -0.39 is 16.1 Å². The molecule has 1 saturated heterocycles. The molecule has 1 aliphatic rings. The van der Waals surface area contributed by atoms with E-state index in [0.717, 1.165) is 17.7 Å². The van der Waals surface area contributed by atoms with E-state index in [1.54, 1.807) is 43.3 Å². The van der Waals surface area contributed by atoms with Crippen LogP contribution in [-0.4, -0.2) is 39.5 Å². The van der Waals surface area contributed by atoms with Gasteiger partial charge in [-0.2, -0.15) is 0 Å². The van der Waals surface area contributed by atoms with E-state index in [1.165, 1.54) is 0 Å². The first-order valence-electron chi connectivity index (χ1n) is 9.04. The molecule has 1 unspecified atom stereocenters. The minimum absolute atomic E-state index is 0.0485. The summed E-state index contributed by atoms with van der Waals surface area (Å²) in [6.07, 6.45) is 0.694. The Labute approximate surface area is 170 Å². The smallest absolute Gasteiger partial charge is 0.244 e. The first-order valence-corrected chi connectivity index (χ1v) is 10.9. The fourth-order valence-corrected chi connectivity index (χ4v) is 4.35. The molecule has 0 bridgehead atoms. The maximum atomic E-state index is 13.0. The van der Waals surface area contributed by atoms with Crippen LogP contribution in [0, 0.1) is 6.92 Å². The molecular formula is C19H24ClN3O4S. The van der Waals surface area contributed by atoms with Gasteiger partial charge in [0, 0.05) is 23.3 Å². The van der Waals surface area contributed by atoms with Crippen LogP contribution < -0.4 is 10.0 Å². The Bertz CT molecular complexity index is 900. The molecule has 0 amide bonds. The van der Waals surface area contributed by atoms with Gasteiger partial charge in [0.25, 0.3) is 0 Å². The molecule has 0 saturated carbocycles. The normalized spacial score (nSPS) is 18.6. The van der Waals surface area contributed by atoms with Gasteiger partial charge in [0.05, 0.1) is 12.7 Å². The zero-order valence-corrected chi connectivity index (χ0v) is 17.4. The lowest BCUT2D eigenvalue weighted by molar-refractivity contribution is -0.133. The second-order valence-electron chi connectivity index (χ2n) is 6.68. The number of ether oxygens (including phenoxy) is 2. The highest BCUT2D eigenvalue weighted by Crippen LogP contribution is 2.23. The minimum Gasteiger partial charge on any atom is -0.366 e. The van der Waals surface area contributed by atoms with Crippen LogP contribution in [0.1, 0.15) is 30.6 Å². The maximum Gasteiger partial charge on any atom is 0.244 e. The highest BCUT2D eigenvalue weighted by Gasteiger charge is 2.24. The Kier molecular flexibility index (Phi) is 6.90. The van der Waals surface area contributed by atoms with Gasteiger partial charge in [0.1, 0.15) is 17.5 Å². The number of nitrogens with one attached hydrogen (secondary N) is 2. The van der Waals surface area contributed by atoms with Gasteiger partial charge in [-0.15, -0.1) is 0 Å². The molecule has 1 aromatic carbocycles. The van der Waals surface area contributed by atoms with Crippen LogP contribution in [0.4, 0.5) is 5.82 Å². The molecule has 152 valence electrons. The van der Waals surface area contributed by atoms with Crippen molar-refractivity contribution >= 4 is 27.4 Å². The van der Waals surface area contributed by atoms with Gasteiger partial charge in [0.15, 0.2) is 0 Å². The Hall–Kier alpha value is -1.71. The Morgan fingerprint density at radius 3 is 2.68 bits per heavy atom. The highest BCUT2D eigenvalue weighted by molar-refractivity contribution is 7.89. The number of nitrogens with zero attached hydrogens (tertiary/aromatic N) is 1. The van der Waals surface area contributed by atoms with E-state index in [4.69, 9.17) is 21.1 Å². The zero-order chi connectivity index (χ0) is 20.1. The number of rotatable bonds is 7. The fourth-order valence-electron chi connectivity index (χ4n) is 2.88. The molecule has 2 heterocycles. The van der Waals surface area contributed by atoms with Gasteiger partial charge in [-0.3, -0.25) is 0 Å². The average Bonchev–Trinajstić information content (AvgIpc) is 2.67. The number of pyridine rings is 1. The van der Waals surface area contributed by atoms with Crippen LogP contribution in [0.5, 0.6) is 0 Å². The van der Waals surface area contributed by atoms with Crippen molar-refractivity contribution in [3.05, 3.63) is 52.7 Å². The number of hydrogen-bond acceptors (Lipinski definition) is 6. The second kappa shape index (κ2) is 9.19. The number of halogens is 1. The van der Waals surface area contributed by atoms with Crippen LogP contribution in [0.25, 0.3) is 0 Å². The summed E-state index contributed by atoms with van der Waals surface area (Å²) in [5, 5.41) is 3.72. The van der Waals surface area contributed by atoms with E-state index in [2.05, 4.69) is 15.0 Å². The summed E-state index contributed by atoms with van der Waals surface area (Å²) >= 11 is 5.91. The Morgan fingerprint density at radius 1 is 1.25 bits per heavy atom. The van der Waals surface area contributed by atoms with Gasteiger partial charge in [-0.25, -0.2) is 18.1 Å². The van der Waals surface area contributed by atoms with Gasteiger partial charge in [0.2, 0.25) is 10.0 Å². The first-order chi connectivity index (χ1) is 13.3.